The number of aliphatic hydroxyl groups excluding tert-OH is 1. The number of fused-ring (bicyclic) bond motifs is 1. The predicted octanol–water partition coefficient (Wildman–Crippen LogP) is 3.84. The Morgan fingerprint density at radius 2 is 1.69 bits per heavy atom. The molecule has 5 aromatic rings. The number of hydrogen-bond donors (Lipinski definition) is 1. The van der Waals surface area contributed by atoms with Gasteiger partial charge < -0.3 is 14.9 Å². The number of hydrogen-bond acceptors (Lipinski definition) is 9. The van der Waals surface area contributed by atoms with Crippen molar-refractivity contribution in [2.24, 2.45) is 0 Å². The van der Waals surface area contributed by atoms with Gasteiger partial charge in [-0.3, -0.25) is 4.90 Å². The largest absolute Gasteiger partial charge is 0.395 e. The fourth-order valence-electron chi connectivity index (χ4n) is 5.97. The quantitative estimate of drug-likeness (QED) is 0.316. The number of rotatable bonds is 7. The highest BCUT2D eigenvalue weighted by Gasteiger charge is 2.28. The molecule has 42 heavy (non-hydrogen) atoms. The van der Waals surface area contributed by atoms with Crippen molar-refractivity contribution in [1.82, 2.24) is 34.4 Å². The number of pyridine rings is 1. The Bertz CT molecular complexity index is 1700. The molecular formula is C31H32FN9O. The maximum Gasteiger partial charge on any atom is 0.225 e. The molecule has 6 heterocycles. The molecule has 2 aliphatic rings. The van der Waals surface area contributed by atoms with E-state index >= 15 is 0 Å². The second-order valence-corrected chi connectivity index (χ2v) is 10.7. The van der Waals surface area contributed by atoms with Crippen molar-refractivity contribution < 1.29 is 9.50 Å². The molecule has 0 bridgehead atoms. The van der Waals surface area contributed by atoms with E-state index < -0.39 is 0 Å². The van der Waals surface area contributed by atoms with Gasteiger partial charge in [-0.05, 0) is 60.9 Å². The second kappa shape index (κ2) is 11.4. The summed E-state index contributed by atoms with van der Waals surface area (Å²) in [5.41, 5.74) is 4.71. The van der Waals surface area contributed by atoms with Crippen molar-refractivity contribution in [1.29, 1.82) is 0 Å². The smallest absolute Gasteiger partial charge is 0.225 e. The standard InChI is InChI=1S/C31H32FN9O/c32-23-5-1-4-22(20-23)27-8-3-13-40(27)30-10-9-29-34-21-28(41(29)37-30)26-7-2-6-24(35-26)25-11-12-33-31(36-25)39-16-14-38(15-17-39)18-19-42/h1-2,4-7,9-12,20-21,27,42H,3,8,13-19H2. The van der Waals surface area contributed by atoms with Gasteiger partial charge in [-0.15, -0.1) is 5.10 Å². The molecule has 1 N–H and O–H groups in total. The molecule has 10 nitrogen and oxygen atoms in total. The fourth-order valence-corrected chi connectivity index (χ4v) is 5.97. The molecule has 0 aliphatic carbocycles. The molecule has 214 valence electrons. The number of aliphatic hydroxyl groups is 1. The number of benzene rings is 1. The van der Waals surface area contributed by atoms with Gasteiger partial charge in [0.2, 0.25) is 5.95 Å². The van der Waals surface area contributed by atoms with Crippen LogP contribution in [0.3, 0.4) is 0 Å². The zero-order chi connectivity index (χ0) is 28.5. The molecule has 11 heteroatoms. The van der Waals surface area contributed by atoms with Gasteiger partial charge >= 0.3 is 0 Å². The van der Waals surface area contributed by atoms with Crippen LogP contribution < -0.4 is 9.80 Å². The summed E-state index contributed by atoms with van der Waals surface area (Å²) in [6.07, 6.45) is 5.53. The summed E-state index contributed by atoms with van der Waals surface area (Å²) >= 11 is 0. The van der Waals surface area contributed by atoms with Crippen LogP contribution in [-0.4, -0.2) is 85.4 Å². The Morgan fingerprint density at radius 3 is 2.55 bits per heavy atom. The molecule has 2 saturated heterocycles. The lowest BCUT2D eigenvalue weighted by atomic mass is 10.0. The van der Waals surface area contributed by atoms with Gasteiger partial charge in [-0.2, -0.15) is 0 Å². The predicted molar refractivity (Wildman–Crippen MR) is 159 cm³/mol. The number of anilines is 2. The molecule has 0 radical (unpaired) electrons. The third-order valence-corrected chi connectivity index (χ3v) is 8.12. The van der Waals surface area contributed by atoms with Crippen LogP contribution in [0.15, 0.2) is 73.1 Å². The molecule has 7 rings (SSSR count). The highest BCUT2D eigenvalue weighted by molar-refractivity contribution is 5.65. The first-order valence-electron chi connectivity index (χ1n) is 14.4. The van der Waals surface area contributed by atoms with Crippen LogP contribution in [0.5, 0.6) is 0 Å². The van der Waals surface area contributed by atoms with Gasteiger partial charge in [0.15, 0.2) is 5.65 Å². The lowest BCUT2D eigenvalue weighted by Gasteiger charge is -2.34. The average Bonchev–Trinajstić information content (AvgIpc) is 3.69. The number of β-amino-alcohol motifs (C(OH)–C–C–N with tert-alkyl or cyclic N) is 1. The summed E-state index contributed by atoms with van der Waals surface area (Å²) in [4.78, 5) is 25.6. The van der Waals surface area contributed by atoms with E-state index in [4.69, 9.17) is 15.1 Å². The molecule has 4 aromatic heterocycles. The van der Waals surface area contributed by atoms with Crippen molar-refractivity contribution >= 4 is 17.4 Å². The van der Waals surface area contributed by atoms with Gasteiger partial charge in [0.25, 0.3) is 0 Å². The zero-order valence-electron chi connectivity index (χ0n) is 23.2. The van der Waals surface area contributed by atoms with E-state index in [1.165, 1.54) is 6.07 Å². The van der Waals surface area contributed by atoms with Crippen LogP contribution >= 0.6 is 0 Å². The molecule has 2 aliphatic heterocycles. The van der Waals surface area contributed by atoms with E-state index in [1.807, 2.05) is 47.0 Å². The topological polar surface area (TPSA) is 98.8 Å². The monoisotopic (exact) mass is 565 g/mol. The Balaban J connectivity index is 1.17. The first kappa shape index (κ1) is 26.4. The third kappa shape index (κ3) is 5.17. The lowest BCUT2D eigenvalue weighted by molar-refractivity contribution is 0.188. The molecule has 1 aromatic carbocycles. The van der Waals surface area contributed by atoms with Crippen LogP contribution in [0.4, 0.5) is 16.2 Å². The highest BCUT2D eigenvalue weighted by Crippen LogP contribution is 2.36. The first-order valence-corrected chi connectivity index (χ1v) is 14.4. The Kier molecular flexibility index (Phi) is 7.18. The maximum atomic E-state index is 14.0. The Labute approximate surface area is 243 Å². The summed E-state index contributed by atoms with van der Waals surface area (Å²) in [7, 11) is 0. The maximum absolute atomic E-state index is 14.0. The number of aromatic nitrogens is 6. The van der Waals surface area contributed by atoms with E-state index in [0.717, 1.165) is 85.4 Å². The molecule has 0 amide bonds. The lowest BCUT2D eigenvalue weighted by Crippen LogP contribution is -2.47. The van der Waals surface area contributed by atoms with Crippen LogP contribution in [0, 0.1) is 5.82 Å². The normalized spacial score (nSPS) is 17.8. The molecular weight excluding hydrogens is 533 g/mol. The summed E-state index contributed by atoms with van der Waals surface area (Å²) < 4.78 is 15.8. The minimum absolute atomic E-state index is 0.0729. The van der Waals surface area contributed by atoms with Gasteiger partial charge in [0.1, 0.15) is 17.3 Å². The van der Waals surface area contributed by atoms with Crippen molar-refractivity contribution in [3.8, 4) is 22.8 Å². The van der Waals surface area contributed by atoms with E-state index in [0.29, 0.717) is 12.5 Å². The van der Waals surface area contributed by atoms with Crippen LogP contribution in [0.2, 0.25) is 0 Å². The van der Waals surface area contributed by atoms with E-state index in [1.54, 1.807) is 24.5 Å². The number of nitrogens with zero attached hydrogens (tertiary/aromatic N) is 9. The van der Waals surface area contributed by atoms with Gasteiger partial charge in [0.05, 0.1) is 35.9 Å². The molecule has 0 saturated carbocycles. The SMILES string of the molecule is OCCN1CCN(c2nccc(-c3cccc(-c4cnc5ccc(N6CCCC6c6cccc(F)c6)nn45)n3)n2)CC1. The van der Waals surface area contributed by atoms with E-state index in [-0.39, 0.29) is 18.5 Å². The van der Waals surface area contributed by atoms with Crippen molar-refractivity contribution in [2.45, 2.75) is 18.9 Å². The molecule has 0 spiro atoms. The summed E-state index contributed by atoms with van der Waals surface area (Å²) in [5.74, 6) is 1.29. The van der Waals surface area contributed by atoms with Gasteiger partial charge in [0, 0.05) is 45.5 Å². The number of piperazine rings is 1. The number of imidazole rings is 1. The average molecular weight is 566 g/mol. The van der Waals surface area contributed by atoms with Crippen LogP contribution in [0.1, 0.15) is 24.4 Å². The summed E-state index contributed by atoms with van der Waals surface area (Å²) in [6.45, 7) is 5.07. The van der Waals surface area contributed by atoms with Crippen molar-refractivity contribution in [3.63, 3.8) is 0 Å². The summed E-state index contributed by atoms with van der Waals surface area (Å²) in [6, 6.07) is 18.6. The fraction of sp³-hybridized carbons (Fsp3) is 0.323. The minimum atomic E-state index is -0.220. The van der Waals surface area contributed by atoms with Crippen LogP contribution in [0.25, 0.3) is 28.4 Å². The second-order valence-electron chi connectivity index (χ2n) is 10.7. The number of halogens is 1. The van der Waals surface area contributed by atoms with Crippen molar-refractivity contribution in [2.75, 3.05) is 55.7 Å². The highest BCUT2D eigenvalue weighted by atomic mass is 19.1. The Morgan fingerprint density at radius 1 is 0.857 bits per heavy atom. The zero-order valence-corrected chi connectivity index (χ0v) is 23.2. The molecule has 1 unspecified atom stereocenters. The van der Waals surface area contributed by atoms with Crippen LogP contribution in [-0.2, 0) is 0 Å². The minimum Gasteiger partial charge on any atom is -0.395 e. The first-order chi connectivity index (χ1) is 20.7. The Hall–Kier alpha value is -4.48. The molecule has 2 fully saturated rings. The molecule has 1 atom stereocenters. The van der Waals surface area contributed by atoms with Crippen molar-refractivity contribution in [3.05, 3.63) is 84.4 Å². The summed E-state index contributed by atoms with van der Waals surface area (Å²) in [5, 5.41) is 14.2. The van der Waals surface area contributed by atoms with Gasteiger partial charge in [-0.25, -0.2) is 28.8 Å². The van der Waals surface area contributed by atoms with E-state index in [2.05, 4.69) is 24.7 Å². The third-order valence-electron chi connectivity index (χ3n) is 8.12. The van der Waals surface area contributed by atoms with Gasteiger partial charge in [-0.1, -0.05) is 18.2 Å². The van der Waals surface area contributed by atoms with E-state index in [9.17, 15) is 9.50 Å².